The second-order valence-corrected chi connectivity index (χ2v) is 5.86. The molecule has 0 unspecified atom stereocenters. The van der Waals surface area contributed by atoms with Gasteiger partial charge in [-0.2, -0.15) is 13.2 Å². The van der Waals surface area contributed by atoms with E-state index in [-0.39, 0.29) is 10.2 Å². The van der Waals surface area contributed by atoms with E-state index in [9.17, 15) is 18.0 Å². The lowest BCUT2D eigenvalue weighted by Crippen LogP contribution is -2.11. The Morgan fingerprint density at radius 3 is 2.67 bits per heavy atom. The molecule has 0 radical (unpaired) electrons. The van der Waals surface area contributed by atoms with Crippen LogP contribution >= 0.6 is 27.3 Å². The fourth-order valence-electron chi connectivity index (χ4n) is 1.55. The molecule has 1 N–H and O–H groups in total. The normalized spacial score (nSPS) is 11.8. The molecule has 0 bridgehead atoms. The summed E-state index contributed by atoms with van der Waals surface area (Å²) in [4.78, 5) is 12.6. The molecule has 21 heavy (non-hydrogen) atoms. The van der Waals surface area contributed by atoms with Gasteiger partial charge in [0.05, 0.1) is 5.56 Å². The van der Waals surface area contributed by atoms with E-state index in [1.54, 1.807) is 6.08 Å². The molecule has 1 aromatic heterocycles. The minimum atomic E-state index is -4.48. The maximum absolute atomic E-state index is 12.7. The number of hydrogen-bond acceptors (Lipinski definition) is 2. The summed E-state index contributed by atoms with van der Waals surface area (Å²) in [5.74, 6) is -0.487. The van der Waals surface area contributed by atoms with Gasteiger partial charge in [-0.3, -0.25) is 4.79 Å². The largest absolute Gasteiger partial charge is 0.417 e. The third-order valence-electron chi connectivity index (χ3n) is 2.48. The molecule has 0 spiro atoms. The van der Waals surface area contributed by atoms with Crippen LogP contribution in [0.5, 0.6) is 0 Å². The molecule has 2 rings (SSSR count). The Bertz CT molecular complexity index is 665. The second kappa shape index (κ2) is 6.44. The number of amides is 1. The smallest absolute Gasteiger partial charge is 0.322 e. The predicted molar refractivity (Wildman–Crippen MR) is 81.1 cm³/mol. The van der Waals surface area contributed by atoms with Crippen molar-refractivity contribution >= 4 is 44.9 Å². The fraction of sp³-hybridized carbons (Fsp3) is 0.0714. The first kappa shape index (κ1) is 15.8. The molecule has 1 aromatic carbocycles. The molecular weight excluding hydrogens is 367 g/mol. The van der Waals surface area contributed by atoms with Crippen molar-refractivity contribution < 1.29 is 18.0 Å². The maximum Gasteiger partial charge on any atom is 0.417 e. The van der Waals surface area contributed by atoms with Crippen LogP contribution < -0.4 is 5.32 Å². The van der Waals surface area contributed by atoms with Crippen molar-refractivity contribution in [3.8, 4) is 0 Å². The van der Waals surface area contributed by atoms with Gasteiger partial charge in [0.2, 0.25) is 5.91 Å². The Balaban J connectivity index is 2.11. The van der Waals surface area contributed by atoms with E-state index in [1.165, 1.54) is 29.5 Å². The predicted octanol–water partition coefficient (Wildman–Crippen LogP) is 5.18. The zero-order chi connectivity index (χ0) is 15.5. The molecule has 2 aromatic rings. The van der Waals surface area contributed by atoms with Gasteiger partial charge in [0.1, 0.15) is 0 Å². The van der Waals surface area contributed by atoms with Crippen LogP contribution in [0.4, 0.5) is 18.9 Å². The quantitative estimate of drug-likeness (QED) is 0.735. The van der Waals surface area contributed by atoms with E-state index in [4.69, 9.17) is 0 Å². The van der Waals surface area contributed by atoms with Crippen LogP contribution in [-0.4, -0.2) is 5.91 Å². The lowest BCUT2D eigenvalue weighted by Gasteiger charge is -2.11. The van der Waals surface area contributed by atoms with Gasteiger partial charge in [-0.05, 0) is 35.7 Å². The summed E-state index contributed by atoms with van der Waals surface area (Å²) >= 11 is 4.30. The number of rotatable bonds is 3. The molecule has 0 fully saturated rings. The molecule has 0 aliphatic carbocycles. The third kappa shape index (κ3) is 4.44. The second-order valence-electron chi connectivity index (χ2n) is 4.03. The van der Waals surface area contributed by atoms with Crippen molar-refractivity contribution in [3.63, 3.8) is 0 Å². The summed E-state index contributed by atoms with van der Waals surface area (Å²) in [6.45, 7) is 0. The van der Waals surface area contributed by atoms with Crippen molar-refractivity contribution in [2.24, 2.45) is 0 Å². The molecule has 7 heteroatoms. The molecule has 0 aliphatic heterocycles. The molecule has 0 atom stereocenters. The summed E-state index contributed by atoms with van der Waals surface area (Å²) in [7, 11) is 0. The number of carbonyl (C=O) groups excluding carboxylic acids is 1. The Kier molecular flexibility index (Phi) is 4.84. The SMILES string of the molecule is O=C(/C=C/c1cccs1)Nc1ccc(Br)c(C(F)(F)F)c1. The van der Waals surface area contributed by atoms with Gasteiger partial charge in [-0.25, -0.2) is 0 Å². The van der Waals surface area contributed by atoms with E-state index >= 15 is 0 Å². The first-order valence-electron chi connectivity index (χ1n) is 5.75. The summed E-state index contributed by atoms with van der Waals surface area (Å²) in [5.41, 5.74) is -0.742. The number of anilines is 1. The van der Waals surface area contributed by atoms with Crippen LogP contribution in [0.3, 0.4) is 0 Å². The van der Waals surface area contributed by atoms with Crippen molar-refractivity contribution in [1.82, 2.24) is 0 Å². The molecule has 1 amide bonds. The van der Waals surface area contributed by atoms with E-state index in [1.807, 2.05) is 17.5 Å². The van der Waals surface area contributed by atoms with Gasteiger partial charge in [-0.15, -0.1) is 11.3 Å². The monoisotopic (exact) mass is 375 g/mol. The first-order valence-corrected chi connectivity index (χ1v) is 7.43. The molecule has 2 nitrogen and oxygen atoms in total. The Morgan fingerprint density at radius 1 is 1.29 bits per heavy atom. The van der Waals surface area contributed by atoms with E-state index < -0.39 is 17.6 Å². The van der Waals surface area contributed by atoms with Gasteiger partial charge in [0, 0.05) is 21.1 Å². The van der Waals surface area contributed by atoms with E-state index in [2.05, 4.69) is 21.2 Å². The minimum absolute atomic E-state index is 0.0675. The molecule has 0 saturated heterocycles. The summed E-state index contributed by atoms with van der Waals surface area (Å²) in [5, 5.41) is 4.27. The number of nitrogens with one attached hydrogen (secondary N) is 1. The van der Waals surface area contributed by atoms with Gasteiger partial charge in [0.25, 0.3) is 0 Å². The average molecular weight is 376 g/mol. The highest BCUT2D eigenvalue weighted by Crippen LogP contribution is 2.36. The summed E-state index contributed by atoms with van der Waals surface area (Å²) in [6, 6.07) is 7.21. The van der Waals surface area contributed by atoms with Crippen LogP contribution in [0.2, 0.25) is 0 Å². The Morgan fingerprint density at radius 2 is 2.05 bits per heavy atom. The minimum Gasteiger partial charge on any atom is -0.322 e. The van der Waals surface area contributed by atoms with Crippen LogP contribution in [0.1, 0.15) is 10.4 Å². The summed E-state index contributed by atoms with van der Waals surface area (Å²) in [6.07, 6.45) is -1.60. The lowest BCUT2D eigenvalue weighted by atomic mass is 10.2. The van der Waals surface area contributed by atoms with Crippen molar-refractivity contribution in [2.75, 3.05) is 5.32 Å². The molecule has 0 saturated carbocycles. The van der Waals surface area contributed by atoms with Crippen LogP contribution in [-0.2, 0) is 11.0 Å². The van der Waals surface area contributed by atoms with E-state index in [0.717, 1.165) is 10.9 Å². The summed E-state index contributed by atoms with van der Waals surface area (Å²) < 4.78 is 38.2. The highest BCUT2D eigenvalue weighted by Gasteiger charge is 2.33. The van der Waals surface area contributed by atoms with Gasteiger partial charge >= 0.3 is 6.18 Å². The third-order valence-corrected chi connectivity index (χ3v) is 4.01. The van der Waals surface area contributed by atoms with Gasteiger partial charge in [-0.1, -0.05) is 22.0 Å². The molecular formula is C14H9BrF3NOS. The number of benzene rings is 1. The maximum atomic E-state index is 12.7. The Hall–Kier alpha value is -1.60. The zero-order valence-electron chi connectivity index (χ0n) is 10.4. The number of halogens is 4. The molecule has 1 heterocycles. The Labute approximate surface area is 131 Å². The fourth-order valence-corrected chi connectivity index (χ4v) is 2.64. The van der Waals surface area contributed by atoms with Crippen LogP contribution in [0.25, 0.3) is 6.08 Å². The number of hydrogen-bond donors (Lipinski definition) is 1. The molecule has 0 aliphatic rings. The highest BCUT2D eigenvalue weighted by atomic mass is 79.9. The number of thiophene rings is 1. The average Bonchev–Trinajstić information content (AvgIpc) is 2.90. The highest BCUT2D eigenvalue weighted by molar-refractivity contribution is 9.10. The van der Waals surface area contributed by atoms with E-state index in [0.29, 0.717) is 0 Å². The lowest BCUT2D eigenvalue weighted by molar-refractivity contribution is -0.138. The van der Waals surface area contributed by atoms with Crippen molar-refractivity contribution in [3.05, 3.63) is 56.7 Å². The van der Waals surface area contributed by atoms with Crippen LogP contribution in [0.15, 0.2) is 46.3 Å². The van der Waals surface area contributed by atoms with Gasteiger partial charge in [0.15, 0.2) is 0 Å². The van der Waals surface area contributed by atoms with Crippen LogP contribution in [0, 0.1) is 0 Å². The van der Waals surface area contributed by atoms with Crippen molar-refractivity contribution in [1.29, 1.82) is 0 Å². The zero-order valence-corrected chi connectivity index (χ0v) is 12.8. The van der Waals surface area contributed by atoms with Crippen molar-refractivity contribution in [2.45, 2.75) is 6.18 Å². The topological polar surface area (TPSA) is 29.1 Å². The standard InChI is InChI=1S/C14H9BrF3NOS/c15-12-5-3-9(8-11(12)14(16,17)18)19-13(20)6-4-10-2-1-7-21-10/h1-8H,(H,19,20)/b6-4+. The van der Waals surface area contributed by atoms with Gasteiger partial charge < -0.3 is 5.32 Å². The number of alkyl halides is 3. The first-order chi connectivity index (χ1) is 9.86. The molecule has 110 valence electrons. The number of carbonyl (C=O) groups is 1.